The van der Waals surface area contributed by atoms with Gasteiger partial charge in [0.2, 0.25) is 10.0 Å². The van der Waals surface area contributed by atoms with E-state index < -0.39 is 26.8 Å². The van der Waals surface area contributed by atoms with E-state index in [2.05, 4.69) is 32.0 Å². The van der Waals surface area contributed by atoms with E-state index in [1.807, 2.05) is 32.1 Å². The Morgan fingerprint density at radius 3 is 2.45 bits per heavy atom. The lowest BCUT2D eigenvalue weighted by Crippen LogP contribution is -2.54. The van der Waals surface area contributed by atoms with Gasteiger partial charge in [-0.1, -0.05) is 30.7 Å². The van der Waals surface area contributed by atoms with E-state index in [1.165, 1.54) is 24.0 Å². The van der Waals surface area contributed by atoms with Crippen molar-refractivity contribution in [3.8, 4) is 5.75 Å². The molecule has 1 amide bonds. The first-order chi connectivity index (χ1) is 28.9. The van der Waals surface area contributed by atoms with Gasteiger partial charge >= 0.3 is 0 Å². The van der Waals surface area contributed by atoms with E-state index in [-0.39, 0.29) is 28.7 Å². The second-order valence-electron chi connectivity index (χ2n) is 17.4. The molecule has 332 valence electrons. The number of nitrogens with zero attached hydrogens (tertiary/aromatic N) is 2. The number of rotatable bonds is 10. The number of anilines is 1. The number of benzene rings is 2. The van der Waals surface area contributed by atoms with Crippen molar-refractivity contribution in [2.45, 2.75) is 94.4 Å². The molecule has 60 heavy (non-hydrogen) atoms. The lowest BCUT2D eigenvalue weighted by molar-refractivity contribution is -0.140. The molecule has 2 fully saturated rings. The summed E-state index contributed by atoms with van der Waals surface area (Å²) in [5.74, 6) is -0.192. The number of carbonyl (C=O) groups is 2. The summed E-state index contributed by atoms with van der Waals surface area (Å²) >= 11 is 6.41. The number of halogens is 1. The highest BCUT2D eigenvalue weighted by Crippen LogP contribution is 2.49. The van der Waals surface area contributed by atoms with Crippen LogP contribution in [0.2, 0.25) is 5.02 Å². The third-order valence-corrected chi connectivity index (χ3v) is 15.9. The predicted molar refractivity (Wildman–Crippen MR) is 237 cm³/mol. The third kappa shape index (κ3) is 10.6. The first kappa shape index (κ1) is 46.5. The van der Waals surface area contributed by atoms with Crippen molar-refractivity contribution in [3.05, 3.63) is 70.3 Å². The first-order valence-electron chi connectivity index (χ1n) is 22.0. The van der Waals surface area contributed by atoms with Crippen molar-refractivity contribution in [2.24, 2.45) is 17.8 Å². The van der Waals surface area contributed by atoms with Crippen LogP contribution in [0.5, 0.6) is 5.75 Å². The topological polar surface area (TPSA) is 136 Å². The van der Waals surface area contributed by atoms with Gasteiger partial charge in [0.1, 0.15) is 11.4 Å². The SMILES string of the molecule is CCO[C@@]1(C=O)/C=C/C[C@H](C)[C@@H](C)S(=O)(=O)NC(=O)c2ccc3c(c2)N(C[C@@H]2CC[C@H]21)C[C@@]1(CCCc2cc(Cl)ccc21)CO3.COCCN(CCOC)C1CCNCC1. The molecule has 3 aliphatic heterocycles. The highest BCUT2D eigenvalue weighted by Gasteiger charge is 2.49. The summed E-state index contributed by atoms with van der Waals surface area (Å²) in [5.41, 5.74) is 2.07. The van der Waals surface area contributed by atoms with E-state index >= 15 is 0 Å². The summed E-state index contributed by atoms with van der Waals surface area (Å²) in [6, 6.07) is 12.0. The molecular formula is C46H67ClN4O8S. The van der Waals surface area contributed by atoms with Crippen molar-refractivity contribution in [2.75, 3.05) is 84.8 Å². The van der Waals surface area contributed by atoms with Crippen LogP contribution >= 0.6 is 11.6 Å². The van der Waals surface area contributed by atoms with Gasteiger partial charge in [-0.25, -0.2) is 13.1 Å². The molecule has 0 radical (unpaired) electrons. The minimum Gasteiger partial charge on any atom is -0.490 e. The molecule has 1 saturated carbocycles. The van der Waals surface area contributed by atoms with Gasteiger partial charge in [0.15, 0.2) is 6.29 Å². The van der Waals surface area contributed by atoms with Crippen LogP contribution in [0.15, 0.2) is 48.6 Å². The Morgan fingerprint density at radius 1 is 1.03 bits per heavy atom. The number of hydrogen-bond acceptors (Lipinski definition) is 11. The maximum Gasteiger partial charge on any atom is 0.264 e. The Hall–Kier alpha value is -3.04. The van der Waals surface area contributed by atoms with Crippen molar-refractivity contribution < 1.29 is 37.0 Å². The highest BCUT2D eigenvalue weighted by atomic mass is 35.5. The van der Waals surface area contributed by atoms with E-state index in [0.717, 1.165) is 88.5 Å². The molecule has 7 rings (SSSR count). The van der Waals surface area contributed by atoms with E-state index in [9.17, 15) is 18.0 Å². The normalized spacial score (nSPS) is 29.7. The molecule has 2 aromatic carbocycles. The Labute approximate surface area is 363 Å². The number of sulfonamides is 1. The monoisotopic (exact) mass is 870 g/mol. The standard InChI is InChI=1S/C35H43ClN2O6S.C11H24N2O2/c1-4-44-35(21-39)16-5-7-23(2)24(3)45(41,42)37-33(40)26-10-14-32-31(18-26)38(19-27-9-12-30(27)35)20-34(22-43-32)15-6-8-25-17-28(36)11-13-29(25)34;1-14-9-7-13(8-10-15-2)11-3-5-12-6-4-11/h5,10-11,13-14,16-18,21,23-24,27,30H,4,6-9,12,15,19-20,22H2,1-3H3,(H,37,40);11-12H,3-10H2,1-2H3/b16-5+;/t23-,24+,27-,30+,34-,35+;/m0./s1. The number of piperidine rings is 1. The number of ether oxygens (including phenoxy) is 4. The van der Waals surface area contributed by atoms with Crippen LogP contribution in [0.25, 0.3) is 0 Å². The molecular weight excluding hydrogens is 804 g/mol. The van der Waals surface area contributed by atoms with Crippen LogP contribution in [0, 0.1) is 17.8 Å². The summed E-state index contributed by atoms with van der Waals surface area (Å²) in [4.78, 5) is 31.1. The van der Waals surface area contributed by atoms with Crippen LogP contribution < -0.4 is 19.7 Å². The number of methoxy groups -OCH3 is 2. The largest absolute Gasteiger partial charge is 0.490 e. The highest BCUT2D eigenvalue weighted by molar-refractivity contribution is 7.90. The van der Waals surface area contributed by atoms with Gasteiger partial charge in [0.25, 0.3) is 5.91 Å². The van der Waals surface area contributed by atoms with Crippen LogP contribution in [-0.2, 0) is 40.9 Å². The summed E-state index contributed by atoms with van der Waals surface area (Å²) in [5, 5.41) is 3.27. The molecule has 1 saturated heterocycles. The van der Waals surface area contributed by atoms with Gasteiger partial charge in [0, 0.05) is 75.0 Å². The Bertz CT molecular complexity index is 1900. The van der Waals surface area contributed by atoms with Crippen molar-refractivity contribution >= 4 is 39.5 Å². The molecule has 5 aliphatic rings. The molecule has 14 heteroatoms. The quantitative estimate of drug-likeness (QED) is 0.209. The third-order valence-electron chi connectivity index (χ3n) is 13.7. The van der Waals surface area contributed by atoms with E-state index in [4.69, 9.17) is 30.5 Å². The zero-order valence-electron chi connectivity index (χ0n) is 36.3. The molecule has 12 nitrogen and oxygen atoms in total. The van der Waals surface area contributed by atoms with Crippen molar-refractivity contribution in [1.29, 1.82) is 0 Å². The fraction of sp³-hybridized carbons (Fsp3) is 0.652. The van der Waals surface area contributed by atoms with Crippen LogP contribution in [0.4, 0.5) is 5.69 Å². The lowest BCUT2D eigenvalue weighted by Gasteiger charge is -2.49. The zero-order chi connectivity index (χ0) is 42.9. The number of fused-ring (bicyclic) bond motifs is 4. The maximum atomic E-state index is 13.4. The lowest BCUT2D eigenvalue weighted by atomic mass is 9.64. The van der Waals surface area contributed by atoms with Crippen LogP contribution in [-0.4, -0.2) is 122 Å². The number of aldehydes is 1. The van der Waals surface area contributed by atoms with Gasteiger partial charge < -0.3 is 29.2 Å². The molecule has 2 N–H and O–H groups in total. The number of aryl methyl sites for hydroxylation is 1. The average Bonchev–Trinajstić information content (AvgIpc) is 3.38. The maximum absolute atomic E-state index is 13.4. The average molecular weight is 872 g/mol. The second-order valence-corrected chi connectivity index (χ2v) is 19.9. The molecule has 3 heterocycles. The van der Waals surface area contributed by atoms with Gasteiger partial charge in [-0.2, -0.15) is 0 Å². The van der Waals surface area contributed by atoms with Gasteiger partial charge in [0.05, 0.1) is 30.8 Å². The predicted octanol–water partition coefficient (Wildman–Crippen LogP) is 6.19. The van der Waals surface area contributed by atoms with Gasteiger partial charge in [-0.15, -0.1) is 0 Å². The summed E-state index contributed by atoms with van der Waals surface area (Å²) in [6.07, 6.45) is 12.2. The second kappa shape index (κ2) is 20.9. The number of hydrogen-bond donors (Lipinski definition) is 2. The molecule has 2 bridgehead atoms. The zero-order valence-corrected chi connectivity index (χ0v) is 37.8. The fourth-order valence-corrected chi connectivity index (χ4v) is 11.4. The summed E-state index contributed by atoms with van der Waals surface area (Å²) in [7, 11) is -0.458. The van der Waals surface area contributed by atoms with E-state index in [1.54, 1.807) is 39.3 Å². The smallest absolute Gasteiger partial charge is 0.264 e. The van der Waals surface area contributed by atoms with Crippen molar-refractivity contribution in [3.63, 3.8) is 0 Å². The Balaban J connectivity index is 0.000000340. The number of carbonyl (C=O) groups excluding carboxylic acids is 2. The van der Waals surface area contributed by atoms with Crippen molar-refractivity contribution in [1.82, 2.24) is 14.9 Å². The van der Waals surface area contributed by atoms with Crippen LogP contribution in [0.1, 0.15) is 87.2 Å². The number of amides is 1. The van der Waals surface area contributed by atoms with Gasteiger partial charge in [-0.05, 0) is 138 Å². The fourth-order valence-electron chi connectivity index (χ4n) is 9.92. The molecule has 2 aliphatic carbocycles. The minimum absolute atomic E-state index is 0.0388. The van der Waals surface area contributed by atoms with Gasteiger partial charge in [-0.3, -0.25) is 14.5 Å². The molecule has 0 unspecified atom stereocenters. The summed E-state index contributed by atoms with van der Waals surface area (Å²) < 4.78 is 52.0. The summed E-state index contributed by atoms with van der Waals surface area (Å²) in [6.45, 7) is 13.4. The molecule has 1 spiro atoms. The number of nitrogens with one attached hydrogen (secondary N) is 2. The number of allylic oxidation sites excluding steroid dienone is 1. The molecule has 2 aromatic rings. The van der Waals surface area contributed by atoms with E-state index in [0.29, 0.717) is 44.5 Å². The van der Waals surface area contributed by atoms with Crippen LogP contribution in [0.3, 0.4) is 0 Å². The molecule has 6 atom stereocenters. The Kier molecular flexibility index (Phi) is 16.2. The minimum atomic E-state index is -3.98. The first-order valence-corrected chi connectivity index (χ1v) is 23.9. The molecule has 0 aromatic heterocycles. The Morgan fingerprint density at radius 2 is 1.78 bits per heavy atom.